The van der Waals surface area contributed by atoms with Gasteiger partial charge in [-0.2, -0.15) is 0 Å². The van der Waals surface area contributed by atoms with Gasteiger partial charge >= 0.3 is 0 Å². The number of likely N-dealkylation sites (tertiary alicyclic amines) is 1. The fraction of sp³-hybridized carbons (Fsp3) is 0.462. The van der Waals surface area contributed by atoms with Gasteiger partial charge < -0.3 is 20.2 Å². The van der Waals surface area contributed by atoms with Crippen LogP contribution in [0.25, 0.3) is 0 Å². The summed E-state index contributed by atoms with van der Waals surface area (Å²) in [6.45, 7) is 2.51. The van der Waals surface area contributed by atoms with Gasteiger partial charge in [0.25, 0.3) is 5.91 Å². The van der Waals surface area contributed by atoms with Gasteiger partial charge in [0.05, 0.1) is 12.6 Å². The fourth-order valence-corrected chi connectivity index (χ4v) is 2.42. The van der Waals surface area contributed by atoms with Gasteiger partial charge in [0.1, 0.15) is 11.5 Å². The molecule has 1 aromatic rings. The molecule has 5 heteroatoms. The van der Waals surface area contributed by atoms with Crippen LogP contribution in [0.1, 0.15) is 23.7 Å². The number of phenols is 2. The van der Waals surface area contributed by atoms with Crippen LogP contribution in [0.2, 0.25) is 0 Å². The molecular weight excluding hydrogens is 234 g/mol. The SMILES string of the molecule is CC1CCN(C(=O)c2cc(O)cc(O)c2)C1CO. The van der Waals surface area contributed by atoms with Crippen LogP contribution in [0, 0.1) is 5.92 Å². The van der Waals surface area contributed by atoms with Crippen molar-refractivity contribution in [2.75, 3.05) is 13.2 Å². The number of phenolic OH excluding ortho intramolecular Hbond substituents is 2. The van der Waals surface area contributed by atoms with Gasteiger partial charge in [-0.3, -0.25) is 4.79 Å². The number of aliphatic hydroxyl groups is 1. The molecule has 0 aromatic heterocycles. The molecule has 1 aliphatic heterocycles. The van der Waals surface area contributed by atoms with E-state index in [1.165, 1.54) is 18.2 Å². The molecule has 2 rings (SSSR count). The maximum atomic E-state index is 12.3. The van der Waals surface area contributed by atoms with Crippen LogP contribution in [0.4, 0.5) is 0 Å². The quantitative estimate of drug-likeness (QED) is 0.730. The summed E-state index contributed by atoms with van der Waals surface area (Å²) in [4.78, 5) is 13.9. The van der Waals surface area contributed by atoms with Crippen molar-refractivity contribution in [2.45, 2.75) is 19.4 Å². The van der Waals surface area contributed by atoms with Gasteiger partial charge in [0.15, 0.2) is 0 Å². The van der Waals surface area contributed by atoms with E-state index in [9.17, 15) is 20.1 Å². The van der Waals surface area contributed by atoms with Gasteiger partial charge in [0.2, 0.25) is 0 Å². The minimum Gasteiger partial charge on any atom is -0.508 e. The third-order valence-electron chi connectivity index (χ3n) is 3.48. The van der Waals surface area contributed by atoms with Gasteiger partial charge in [-0.1, -0.05) is 6.92 Å². The summed E-state index contributed by atoms with van der Waals surface area (Å²) in [6.07, 6.45) is 0.849. The van der Waals surface area contributed by atoms with E-state index in [0.29, 0.717) is 6.54 Å². The normalized spacial score (nSPS) is 23.3. The van der Waals surface area contributed by atoms with Gasteiger partial charge in [-0.05, 0) is 24.5 Å². The van der Waals surface area contributed by atoms with Gasteiger partial charge in [-0.25, -0.2) is 0 Å². The highest BCUT2D eigenvalue weighted by molar-refractivity contribution is 5.95. The summed E-state index contributed by atoms with van der Waals surface area (Å²) < 4.78 is 0. The number of carbonyl (C=O) groups excluding carboxylic acids is 1. The lowest BCUT2D eigenvalue weighted by molar-refractivity contribution is 0.0647. The number of carbonyl (C=O) groups is 1. The number of benzene rings is 1. The molecule has 0 saturated carbocycles. The average molecular weight is 251 g/mol. The number of hydrogen-bond acceptors (Lipinski definition) is 4. The Morgan fingerprint density at radius 2 is 1.94 bits per heavy atom. The Labute approximate surface area is 105 Å². The first-order valence-corrected chi connectivity index (χ1v) is 5.97. The molecule has 98 valence electrons. The molecule has 0 spiro atoms. The molecule has 1 fully saturated rings. The summed E-state index contributed by atoms with van der Waals surface area (Å²) in [5.41, 5.74) is 0.236. The molecule has 0 aliphatic carbocycles. The first-order valence-electron chi connectivity index (χ1n) is 5.97. The first-order chi connectivity index (χ1) is 8.52. The summed E-state index contributed by atoms with van der Waals surface area (Å²) in [6, 6.07) is 3.62. The molecule has 1 amide bonds. The zero-order chi connectivity index (χ0) is 13.3. The predicted molar refractivity (Wildman–Crippen MR) is 65.5 cm³/mol. The number of amides is 1. The van der Waals surface area contributed by atoms with Gasteiger partial charge in [0, 0.05) is 18.2 Å². The molecule has 1 heterocycles. The number of hydrogen-bond donors (Lipinski definition) is 3. The topological polar surface area (TPSA) is 81.0 Å². The fourth-order valence-electron chi connectivity index (χ4n) is 2.42. The van der Waals surface area contributed by atoms with Crippen LogP contribution < -0.4 is 0 Å². The van der Waals surface area contributed by atoms with Crippen LogP contribution in [-0.2, 0) is 0 Å². The predicted octanol–water partition coefficient (Wildman–Crippen LogP) is 0.941. The van der Waals surface area contributed by atoms with Crippen molar-refractivity contribution < 1.29 is 20.1 Å². The Balaban J connectivity index is 2.25. The van der Waals surface area contributed by atoms with Crippen molar-refractivity contribution in [1.82, 2.24) is 4.90 Å². The maximum Gasteiger partial charge on any atom is 0.254 e. The third-order valence-corrected chi connectivity index (χ3v) is 3.48. The van der Waals surface area contributed by atoms with Crippen LogP contribution >= 0.6 is 0 Å². The van der Waals surface area contributed by atoms with E-state index in [4.69, 9.17) is 0 Å². The smallest absolute Gasteiger partial charge is 0.254 e. The van der Waals surface area contributed by atoms with Crippen LogP contribution in [0.5, 0.6) is 11.5 Å². The lowest BCUT2D eigenvalue weighted by atomic mass is 10.0. The van der Waals surface area contributed by atoms with E-state index in [1.807, 2.05) is 6.92 Å². The second-order valence-electron chi connectivity index (χ2n) is 4.75. The lowest BCUT2D eigenvalue weighted by Gasteiger charge is -2.25. The van der Waals surface area contributed by atoms with Crippen molar-refractivity contribution in [3.05, 3.63) is 23.8 Å². The molecule has 2 atom stereocenters. The van der Waals surface area contributed by atoms with Crippen molar-refractivity contribution in [2.24, 2.45) is 5.92 Å². The molecule has 2 unspecified atom stereocenters. The zero-order valence-corrected chi connectivity index (χ0v) is 10.2. The molecule has 1 aliphatic rings. The van der Waals surface area contributed by atoms with E-state index < -0.39 is 0 Å². The summed E-state index contributed by atoms with van der Waals surface area (Å²) in [7, 11) is 0. The molecule has 5 nitrogen and oxygen atoms in total. The average Bonchev–Trinajstić information content (AvgIpc) is 2.68. The molecule has 1 aromatic carbocycles. The first kappa shape index (κ1) is 12.7. The number of aliphatic hydroxyl groups excluding tert-OH is 1. The van der Waals surface area contributed by atoms with Crippen molar-refractivity contribution in [3.63, 3.8) is 0 Å². The second kappa shape index (κ2) is 4.86. The van der Waals surface area contributed by atoms with E-state index in [1.54, 1.807) is 4.90 Å². The zero-order valence-electron chi connectivity index (χ0n) is 10.2. The Morgan fingerprint density at radius 1 is 1.33 bits per heavy atom. The van der Waals surface area contributed by atoms with E-state index in [2.05, 4.69) is 0 Å². The molecule has 1 saturated heterocycles. The number of nitrogens with zero attached hydrogens (tertiary/aromatic N) is 1. The Bertz CT molecular complexity index is 440. The molecule has 18 heavy (non-hydrogen) atoms. The number of rotatable bonds is 2. The highest BCUT2D eigenvalue weighted by Gasteiger charge is 2.34. The highest BCUT2D eigenvalue weighted by Crippen LogP contribution is 2.27. The molecule has 0 radical (unpaired) electrons. The second-order valence-corrected chi connectivity index (χ2v) is 4.75. The minimum atomic E-state index is -0.274. The van der Waals surface area contributed by atoms with Crippen molar-refractivity contribution >= 4 is 5.91 Å². The van der Waals surface area contributed by atoms with E-state index >= 15 is 0 Å². The van der Waals surface area contributed by atoms with E-state index in [-0.39, 0.29) is 41.5 Å². The molecule has 0 bridgehead atoms. The Kier molecular flexibility index (Phi) is 3.43. The molecular formula is C13H17NO4. The van der Waals surface area contributed by atoms with E-state index in [0.717, 1.165) is 6.42 Å². The largest absolute Gasteiger partial charge is 0.508 e. The lowest BCUT2D eigenvalue weighted by Crippen LogP contribution is -2.39. The maximum absolute atomic E-state index is 12.3. The summed E-state index contributed by atoms with van der Waals surface area (Å²) in [5.74, 6) is -0.313. The van der Waals surface area contributed by atoms with Crippen LogP contribution in [0.3, 0.4) is 0 Å². The van der Waals surface area contributed by atoms with Crippen LogP contribution in [-0.4, -0.2) is 45.3 Å². The molecule has 3 N–H and O–H groups in total. The Hall–Kier alpha value is -1.75. The number of aromatic hydroxyl groups is 2. The standard InChI is InChI=1S/C13H17NO4/c1-8-2-3-14(12(8)7-15)13(18)9-4-10(16)6-11(17)5-9/h4-6,8,12,15-17H,2-3,7H2,1H3. The highest BCUT2D eigenvalue weighted by atomic mass is 16.3. The van der Waals surface area contributed by atoms with Crippen molar-refractivity contribution in [3.8, 4) is 11.5 Å². The van der Waals surface area contributed by atoms with Crippen LogP contribution in [0.15, 0.2) is 18.2 Å². The summed E-state index contributed by atoms with van der Waals surface area (Å²) >= 11 is 0. The monoisotopic (exact) mass is 251 g/mol. The Morgan fingerprint density at radius 3 is 2.50 bits per heavy atom. The van der Waals surface area contributed by atoms with Crippen molar-refractivity contribution in [1.29, 1.82) is 0 Å². The third kappa shape index (κ3) is 2.26. The summed E-state index contributed by atoms with van der Waals surface area (Å²) in [5, 5.41) is 28.1. The van der Waals surface area contributed by atoms with Gasteiger partial charge in [-0.15, -0.1) is 0 Å². The minimum absolute atomic E-state index is 0.0717.